The first-order chi connectivity index (χ1) is 9.15. The smallest absolute Gasteiger partial charge is 0.360 e. The summed E-state index contributed by atoms with van der Waals surface area (Å²) in [4.78, 5) is 29.7. The lowest BCUT2D eigenvalue weighted by Gasteiger charge is -2.06. The van der Waals surface area contributed by atoms with Crippen LogP contribution in [-0.4, -0.2) is 28.3 Å². The lowest BCUT2D eigenvalue weighted by atomic mass is 10.3. The first-order valence-electron chi connectivity index (χ1n) is 5.66. The number of benzene rings is 1. The summed E-state index contributed by atoms with van der Waals surface area (Å²) >= 11 is 0. The van der Waals surface area contributed by atoms with Crippen molar-refractivity contribution in [2.45, 2.75) is 6.92 Å². The average Bonchev–Trinajstić information content (AvgIpc) is 2.39. The van der Waals surface area contributed by atoms with Gasteiger partial charge in [0.1, 0.15) is 5.75 Å². The fourth-order valence-corrected chi connectivity index (χ4v) is 1.56. The van der Waals surface area contributed by atoms with Crippen molar-refractivity contribution in [3.63, 3.8) is 0 Å². The van der Waals surface area contributed by atoms with Gasteiger partial charge >= 0.3 is 17.4 Å². The Kier molecular flexibility index (Phi) is 3.65. The number of hydrogen-bond donors (Lipinski definition) is 1. The summed E-state index contributed by atoms with van der Waals surface area (Å²) in [5.74, 6) is 0.632. The van der Waals surface area contributed by atoms with E-state index in [0.29, 0.717) is 18.0 Å². The second-order valence-electron chi connectivity index (χ2n) is 3.60. The van der Waals surface area contributed by atoms with Crippen LogP contribution in [0.2, 0.25) is 0 Å². The minimum atomic E-state index is -0.697. The molecule has 0 atom stereocenters. The largest absolute Gasteiger partial charge is 0.497 e. The van der Waals surface area contributed by atoms with Crippen LogP contribution in [0.3, 0.4) is 0 Å². The van der Waals surface area contributed by atoms with E-state index in [2.05, 4.69) is 9.97 Å². The monoisotopic (exact) mass is 263 g/mol. The number of methoxy groups -OCH3 is 1. The van der Waals surface area contributed by atoms with Crippen molar-refractivity contribution in [3.8, 4) is 17.4 Å². The summed E-state index contributed by atoms with van der Waals surface area (Å²) in [6, 6.07) is 6.41. The van der Waals surface area contributed by atoms with E-state index in [9.17, 15) is 9.59 Å². The lowest BCUT2D eigenvalue weighted by molar-refractivity contribution is 0.307. The van der Waals surface area contributed by atoms with Crippen LogP contribution in [0.15, 0.2) is 33.9 Å². The van der Waals surface area contributed by atoms with Crippen molar-refractivity contribution >= 4 is 0 Å². The van der Waals surface area contributed by atoms with E-state index in [4.69, 9.17) is 9.47 Å². The highest BCUT2D eigenvalue weighted by molar-refractivity contribution is 5.36. The Bertz CT molecular complexity index is 641. The molecule has 19 heavy (non-hydrogen) atoms. The molecule has 0 saturated heterocycles. The first-order valence-corrected chi connectivity index (χ1v) is 5.66. The Morgan fingerprint density at radius 1 is 1.26 bits per heavy atom. The van der Waals surface area contributed by atoms with E-state index in [1.54, 1.807) is 31.2 Å². The number of ether oxygens (including phenoxy) is 2. The van der Waals surface area contributed by atoms with Gasteiger partial charge in [0, 0.05) is 0 Å². The summed E-state index contributed by atoms with van der Waals surface area (Å²) in [5, 5.41) is 0. The normalized spacial score (nSPS) is 10.2. The van der Waals surface area contributed by atoms with Gasteiger partial charge in [-0.1, -0.05) is 0 Å². The van der Waals surface area contributed by atoms with Crippen molar-refractivity contribution in [1.82, 2.24) is 14.5 Å². The van der Waals surface area contributed by atoms with Crippen LogP contribution in [0.4, 0.5) is 0 Å². The highest BCUT2D eigenvalue weighted by atomic mass is 16.5. The molecule has 0 aliphatic heterocycles. The number of hydrogen-bond acceptors (Lipinski definition) is 5. The predicted octanol–water partition coefficient (Wildman–Crippen LogP) is 0.328. The molecule has 0 unspecified atom stereocenters. The summed E-state index contributed by atoms with van der Waals surface area (Å²) < 4.78 is 10.9. The highest BCUT2D eigenvalue weighted by Crippen LogP contribution is 2.12. The molecule has 0 amide bonds. The molecule has 1 aromatic heterocycles. The number of aromatic nitrogens is 3. The van der Waals surface area contributed by atoms with Gasteiger partial charge in [-0.05, 0) is 31.2 Å². The molecule has 0 bridgehead atoms. The van der Waals surface area contributed by atoms with E-state index in [1.165, 1.54) is 7.11 Å². The third kappa shape index (κ3) is 2.65. The maximum atomic E-state index is 11.8. The summed E-state index contributed by atoms with van der Waals surface area (Å²) in [6.45, 7) is 2.05. The van der Waals surface area contributed by atoms with Gasteiger partial charge in [-0.2, -0.15) is 0 Å². The zero-order valence-electron chi connectivity index (χ0n) is 10.5. The molecule has 7 heteroatoms. The molecule has 1 aromatic carbocycles. The molecule has 7 nitrogen and oxygen atoms in total. The molecule has 0 fully saturated rings. The third-order valence-corrected chi connectivity index (χ3v) is 2.42. The summed E-state index contributed by atoms with van der Waals surface area (Å²) in [7, 11) is 1.53. The second-order valence-corrected chi connectivity index (χ2v) is 3.60. The molecule has 2 rings (SSSR count). The molecule has 2 aromatic rings. The SMILES string of the molecule is CCOc1nc(=O)n(-c2ccc(OC)cc2)c(=O)[nH]1. The molecule has 0 radical (unpaired) electrons. The van der Waals surface area contributed by atoms with Crippen LogP contribution in [-0.2, 0) is 0 Å². The lowest BCUT2D eigenvalue weighted by Crippen LogP contribution is -2.35. The van der Waals surface area contributed by atoms with Crippen LogP contribution in [0, 0.1) is 0 Å². The van der Waals surface area contributed by atoms with E-state index < -0.39 is 11.4 Å². The van der Waals surface area contributed by atoms with Gasteiger partial charge in [0.05, 0.1) is 19.4 Å². The fourth-order valence-electron chi connectivity index (χ4n) is 1.56. The van der Waals surface area contributed by atoms with Gasteiger partial charge in [0.2, 0.25) is 0 Å². The van der Waals surface area contributed by atoms with Gasteiger partial charge in [-0.3, -0.25) is 4.98 Å². The van der Waals surface area contributed by atoms with Crippen molar-refractivity contribution in [2.75, 3.05) is 13.7 Å². The standard InChI is InChI=1S/C12H13N3O4/c1-3-19-10-13-11(16)15(12(17)14-10)8-4-6-9(18-2)7-5-8/h4-7H,3H2,1-2H3,(H,13,14,16,17). The van der Waals surface area contributed by atoms with Crippen LogP contribution in [0.1, 0.15) is 6.92 Å². The number of H-pyrrole nitrogens is 1. The zero-order valence-corrected chi connectivity index (χ0v) is 10.5. The van der Waals surface area contributed by atoms with E-state index in [1.807, 2.05) is 0 Å². The van der Waals surface area contributed by atoms with Crippen molar-refractivity contribution in [3.05, 3.63) is 45.2 Å². The van der Waals surface area contributed by atoms with Crippen LogP contribution >= 0.6 is 0 Å². The highest BCUT2D eigenvalue weighted by Gasteiger charge is 2.08. The Morgan fingerprint density at radius 3 is 2.47 bits per heavy atom. The Balaban J connectivity index is 2.50. The molecule has 1 heterocycles. The van der Waals surface area contributed by atoms with Crippen LogP contribution in [0.5, 0.6) is 11.8 Å². The molecule has 0 aliphatic rings. The molecule has 100 valence electrons. The van der Waals surface area contributed by atoms with Crippen LogP contribution in [0.25, 0.3) is 5.69 Å². The molecule has 0 spiro atoms. The quantitative estimate of drug-likeness (QED) is 0.859. The van der Waals surface area contributed by atoms with Gasteiger partial charge in [-0.25, -0.2) is 14.2 Å². The average molecular weight is 263 g/mol. The fraction of sp³-hybridized carbons (Fsp3) is 0.250. The van der Waals surface area contributed by atoms with Gasteiger partial charge < -0.3 is 9.47 Å². The summed E-state index contributed by atoms with van der Waals surface area (Å²) in [5.41, 5.74) is -0.895. The van der Waals surface area contributed by atoms with Crippen LogP contribution < -0.4 is 20.9 Å². The van der Waals surface area contributed by atoms with Crippen molar-refractivity contribution < 1.29 is 9.47 Å². The number of nitrogens with zero attached hydrogens (tertiary/aromatic N) is 2. The van der Waals surface area contributed by atoms with E-state index in [0.717, 1.165) is 4.57 Å². The van der Waals surface area contributed by atoms with Gasteiger partial charge in [0.25, 0.3) is 0 Å². The Morgan fingerprint density at radius 2 is 1.95 bits per heavy atom. The number of aromatic amines is 1. The molecule has 0 saturated carbocycles. The minimum absolute atomic E-state index is 0.0812. The van der Waals surface area contributed by atoms with Gasteiger partial charge in [-0.15, -0.1) is 4.98 Å². The van der Waals surface area contributed by atoms with E-state index >= 15 is 0 Å². The maximum Gasteiger partial charge on any atom is 0.360 e. The third-order valence-electron chi connectivity index (χ3n) is 2.42. The maximum absolute atomic E-state index is 11.8. The zero-order chi connectivity index (χ0) is 13.8. The second kappa shape index (κ2) is 5.38. The minimum Gasteiger partial charge on any atom is -0.497 e. The molecular formula is C12H13N3O4. The number of nitrogens with one attached hydrogen (secondary N) is 1. The topological polar surface area (TPSA) is 86.2 Å². The van der Waals surface area contributed by atoms with Crippen molar-refractivity contribution in [2.24, 2.45) is 0 Å². The Hall–Kier alpha value is -2.57. The predicted molar refractivity (Wildman–Crippen MR) is 68.2 cm³/mol. The van der Waals surface area contributed by atoms with E-state index in [-0.39, 0.29) is 6.01 Å². The molecule has 1 N–H and O–H groups in total. The van der Waals surface area contributed by atoms with Crippen molar-refractivity contribution in [1.29, 1.82) is 0 Å². The first kappa shape index (κ1) is 12.9. The Labute approximate surface area is 108 Å². The number of rotatable bonds is 4. The van der Waals surface area contributed by atoms with Gasteiger partial charge in [0.15, 0.2) is 0 Å². The summed E-state index contributed by atoms with van der Waals surface area (Å²) in [6.07, 6.45) is 0. The molecular weight excluding hydrogens is 250 g/mol. The molecule has 0 aliphatic carbocycles.